The first-order valence-corrected chi connectivity index (χ1v) is 7.05. The molecule has 6 unspecified atom stereocenters. The lowest BCUT2D eigenvalue weighted by molar-refractivity contribution is 0.0662. The van der Waals surface area contributed by atoms with E-state index in [1.807, 2.05) is 0 Å². The van der Waals surface area contributed by atoms with Gasteiger partial charge in [0.1, 0.15) is 0 Å². The molecule has 6 atom stereocenters. The summed E-state index contributed by atoms with van der Waals surface area (Å²) in [6.45, 7) is 2.54. The molecule has 0 aromatic rings. The molecule has 0 aliphatic heterocycles. The number of rotatable bonds is 4. The van der Waals surface area contributed by atoms with E-state index >= 15 is 0 Å². The largest absolute Gasteiger partial charge is 0.309 e. The molecule has 17 heavy (non-hydrogen) atoms. The van der Waals surface area contributed by atoms with Crippen LogP contribution < -0.4 is 0 Å². The lowest BCUT2D eigenvalue weighted by atomic mass is 9.62. The van der Waals surface area contributed by atoms with Crippen molar-refractivity contribution in [2.24, 2.45) is 35.5 Å². The molecular weight excluding hydrogens is 208 g/mol. The first-order chi connectivity index (χ1) is 8.08. The Labute approximate surface area is 106 Å². The van der Waals surface area contributed by atoms with Gasteiger partial charge >= 0.3 is 0 Å². The van der Waals surface area contributed by atoms with E-state index in [-0.39, 0.29) is 0 Å². The molecule has 2 nitrogen and oxygen atoms in total. The summed E-state index contributed by atoms with van der Waals surface area (Å²) in [5.41, 5.74) is 0. The lowest BCUT2D eigenvalue weighted by Gasteiger charge is -2.46. The molecule has 96 valence electrons. The second-order valence-corrected chi connectivity index (χ2v) is 6.96. The highest BCUT2D eigenvalue weighted by molar-refractivity contribution is 5.21. The summed E-state index contributed by atoms with van der Waals surface area (Å²) in [5.74, 6) is 5.66. The van der Waals surface area contributed by atoms with Gasteiger partial charge in [-0.05, 0) is 70.1 Å². The zero-order chi connectivity index (χ0) is 12.2. The molecule has 2 bridgehead atoms. The van der Waals surface area contributed by atoms with E-state index in [9.17, 15) is 0 Å². The molecule has 0 N–H and O–H groups in total. The van der Waals surface area contributed by atoms with E-state index < -0.39 is 0 Å². The SMILES string of the molecule is CN(C)CC1C2C=CC(C3CC23)C1CN(C)C. The number of allylic oxidation sites excluding steroid dienone is 2. The van der Waals surface area contributed by atoms with E-state index in [1.54, 1.807) is 0 Å². The van der Waals surface area contributed by atoms with Gasteiger partial charge in [-0.1, -0.05) is 12.2 Å². The van der Waals surface area contributed by atoms with Crippen LogP contribution in [0.3, 0.4) is 0 Å². The maximum absolute atomic E-state index is 2.55. The topological polar surface area (TPSA) is 6.48 Å². The third kappa shape index (κ3) is 1.96. The molecule has 0 aromatic carbocycles. The van der Waals surface area contributed by atoms with Gasteiger partial charge in [0.05, 0.1) is 0 Å². The summed E-state index contributed by atoms with van der Waals surface area (Å²) in [6.07, 6.45) is 6.62. The molecule has 0 spiro atoms. The first-order valence-electron chi connectivity index (χ1n) is 7.05. The van der Waals surface area contributed by atoms with Gasteiger partial charge in [-0.25, -0.2) is 0 Å². The van der Waals surface area contributed by atoms with Crippen molar-refractivity contribution in [1.29, 1.82) is 0 Å². The molecule has 0 saturated heterocycles. The van der Waals surface area contributed by atoms with Crippen LogP contribution in [-0.2, 0) is 0 Å². The molecule has 4 aliphatic rings. The summed E-state index contributed by atoms with van der Waals surface area (Å²) >= 11 is 0. The Morgan fingerprint density at radius 3 is 1.59 bits per heavy atom. The molecule has 0 aromatic heterocycles. The van der Waals surface area contributed by atoms with Gasteiger partial charge in [-0.15, -0.1) is 0 Å². The maximum atomic E-state index is 2.55. The molecule has 0 amide bonds. The van der Waals surface area contributed by atoms with Crippen LogP contribution in [0.1, 0.15) is 6.42 Å². The molecule has 2 heteroatoms. The number of fused-ring (bicyclic) bond motifs is 1. The minimum atomic E-state index is 0.886. The molecule has 2 saturated carbocycles. The van der Waals surface area contributed by atoms with Crippen molar-refractivity contribution in [3.63, 3.8) is 0 Å². The van der Waals surface area contributed by atoms with Crippen molar-refractivity contribution in [2.75, 3.05) is 41.3 Å². The van der Waals surface area contributed by atoms with Crippen LogP contribution in [0, 0.1) is 35.5 Å². The van der Waals surface area contributed by atoms with Gasteiger partial charge in [0, 0.05) is 13.1 Å². The molecular formula is C15H26N2. The average molecular weight is 234 g/mol. The maximum Gasteiger partial charge on any atom is 0.00126 e. The monoisotopic (exact) mass is 234 g/mol. The van der Waals surface area contributed by atoms with E-state index in [1.165, 1.54) is 19.5 Å². The third-order valence-electron chi connectivity index (χ3n) is 5.13. The fraction of sp³-hybridized carbons (Fsp3) is 0.867. The Bertz CT molecular complexity index is 291. The third-order valence-corrected chi connectivity index (χ3v) is 5.13. The standard InChI is InChI=1S/C15H26N2/c1-16(2)8-14-10-5-6-11(13-7-12(10)13)15(14)9-17(3)4/h5-6,10-15H,7-9H2,1-4H3. The van der Waals surface area contributed by atoms with E-state index in [0.29, 0.717) is 0 Å². The van der Waals surface area contributed by atoms with Gasteiger partial charge in [0.2, 0.25) is 0 Å². The van der Waals surface area contributed by atoms with Crippen molar-refractivity contribution in [1.82, 2.24) is 9.80 Å². The fourth-order valence-corrected chi connectivity index (χ4v) is 4.51. The Morgan fingerprint density at radius 2 is 1.24 bits per heavy atom. The van der Waals surface area contributed by atoms with Crippen LogP contribution in [0.15, 0.2) is 12.2 Å². The minimum Gasteiger partial charge on any atom is -0.309 e. The van der Waals surface area contributed by atoms with Crippen molar-refractivity contribution < 1.29 is 0 Å². The Morgan fingerprint density at radius 1 is 0.824 bits per heavy atom. The van der Waals surface area contributed by atoms with Crippen molar-refractivity contribution >= 4 is 0 Å². The Hall–Kier alpha value is -0.340. The zero-order valence-corrected chi connectivity index (χ0v) is 11.6. The highest BCUT2D eigenvalue weighted by atomic mass is 15.1. The average Bonchev–Trinajstić information content (AvgIpc) is 3.00. The fourth-order valence-electron chi connectivity index (χ4n) is 4.51. The van der Waals surface area contributed by atoms with Crippen LogP contribution >= 0.6 is 0 Å². The predicted molar refractivity (Wildman–Crippen MR) is 71.8 cm³/mol. The number of nitrogens with zero attached hydrogens (tertiary/aromatic N) is 2. The van der Waals surface area contributed by atoms with E-state index in [4.69, 9.17) is 0 Å². The van der Waals surface area contributed by atoms with Crippen molar-refractivity contribution in [2.45, 2.75) is 6.42 Å². The highest BCUT2D eigenvalue weighted by Gasteiger charge is 2.58. The lowest BCUT2D eigenvalue weighted by Crippen LogP contribution is -2.47. The zero-order valence-electron chi connectivity index (χ0n) is 11.6. The summed E-state index contributed by atoms with van der Waals surface area (Å²) in [6, 6.07) is 0. The van der Waals surface area contributed by atoms with Gasteiger partial charge in [0.15, 0.2) is 0 Å². The van der Waals surface area contributed by atoms with Crippen LogP contribution in [-0.4, -0.2) is 51.1 Å². The summed E-state index contributed by atoms with van der Waals surface area (Å²) in [4.78, 5) is 4.78. The number of hydrogen-bond donors (Lipinski definition) is 0. The molecule has 2 fully saturated rings. The van der Waals surface area contributed by atoms with Gasteiger partial charge in [-0.2, -0.15) is 0 Å². The van der Waals surface area contributed by atoms with Crippen molar-refractivity contribution in [3.8, 4) is 0 Å². The molecule has 0 heterocycles. The second kappa shape index (κ2) is 4.10. The van der Waals surface area contributed by atoms with Crippen LogP contribution in [0.5, 0.6) is 0 Å². The van der Waals surface area contributed by atoms with E-state index in [2.05, 4.69) is 50.1 Å². The summed E-state index contributed by atoms with van der Waals surface area (Å²) in [7, 11) is 8.90. The van der Waals surface area contributed by atoms with Gasteiger partial charge in [-0.3, -0.25) is 0 Å². The van der Waals surface area contributed by atoms with Gasteiger partial charge < -0.3 is 9.80 Å². The number of hydrogen-bond acceptors (Lipinski definition) is 2. The quantitative estimate of drug-likeness (QED) is 0.684. The predicted octanol–water partition coefficient (Wildman–Crippen LogP) is 1.79. The van der Waals surface area contributed by atoms with Crippen LogP contribution in [0.2, 0.25) is 0 Å². The highest BCUT2D eigenvalue weighted by Crippen LogP contribution is 2.63. The molecule has 0 radical (unpaired) electrons. The molecule has 4 aliphatic carbocycles. The Balaban J connectivity index is 1.80. The summed E-state index contributed by atoms with van der Waals surface area (Å²) in [5, 5.41) is 0. The normalized spacial score (nSPS) is 46.7. The first kappa shape index (κ1) is 11.7. The smallest absolute Gasteiger partial charge is 0.00126 e. The van der Waals surface area contributed by atoms with Crippen LogP contribution in [0.4, 0.5) is 0 Å². The van der Waals surface area contributed by atoms with E-state index in [0.717, 1.165) is 35.5 Å². The minimum absolute atomic E-state index is 0.886. The van der Waals surface area contributed by atoms with Crippen LogP contribution in [0.25, 0.3) is 0 Å². The Kier molecular flexibility index (Phi) is 2.83. The second-order valence-electron chi connectivity index (χ2n) is 6.96. The van der Waals surface area contributed by atoms with Gasteiger partial charge in [0.25, 0.3) is 0 Å². The van der Waals surface area contributed by atoms with Crippen molar-refractivity contribution in [3.05, 3.63) is 12.2 Å². The molecule has 4 rings (SSSR count). The summed E-state index contributed by atoms with van der Waals surface area (Å²) < 4.78 is 0.